The van der Waals surface area contributed by atoms with Crippen molar-refractivity contribution in [1.82, 2.24) is 10.2 Å². The van der Waals surface area contributed by atoms with Crippen LogP contribution in [0.4, 0.5) is 10.5 Å². The van der Waals surface area contributed by atoms with E-state index in [0.717, 1.165) is 17.3 Å². The molecule has 1 atom stereocenters. The van der Waals surface area contributed by atoms with E-state index in [1.54, 1.807) is 29.4 Å². The van der Waals surface area contributed by atoms with Crippen LogP contribution in [0.25, 0.3) is 0 Å². The van der Waals surface area contributed by atoms with E-state index in [-0.39, 0.29) is 121 Å². The first-order valence-electron chi connectivity index (χ1n) is 9.85. The van der Waals surface area contributed by atoms with E-state index >= 15 is 0 Å². The molecule has 1 aliphatic heterocycles. The molecule has 0 spiro atoms. The number of carbonyl (C=O) groups excluding carboxylic acids is 2. The summed E-state index contributed by atoms with van der Waals surface area (Å²) in [5.74, 6) is 0.500. The SMILES string of the molecule is C[Si](C)(C)CCOCOc1ccc(Cl)c(Cl)c1[C@H]1CC(=O)N(c2cn[nH]c2)C1.O=C([O-])[O-].[K+].[K+]. The number of carbonyl (C=O) groups is 2. The third-order valence-corrected chi connectivity index (χ3v) is 7.24. The Hall–Kier alpha value is 1.000. The quantitative estimate of drug-likeness (QED) is 0.195. The maximum Gasteiger partial charge on any atom is 1.00 e. The summed E-state index contributed by atoms with van der Waals surface area (Å²) < 4.78 is 11.5. The zero-order valence-electron chi connectivity index (χ0n) is 20.0. The Morgan fingerprint density at radius 1 is 1.26 bits per heavy atom. The van der Waals surface area contributed by atoms with Crippen molar-refractivity contribution in [3.8, 4) is 5.75 Å². The first kappa shape index (κ1) is 35.0. The van der Waals surface area contributed by atoms with Crippen molar-refractivity contribution in [1.29, 1.82) is 0 Å². The third-order valence-electron chi connectivity index (χ3n) is 4.72. The average molecular weight is 581 g/mol. The molecule has 1 amide bonds. The number of aromatic nitrogens is 2. The molecule has 0 radical (unpaired) electrons. The van der Waals surface area contributed by atoms with Crippen LogP contribution in [0.2, 0.25) is 35.7 Å². The Bertz CT molecular complexity index is 928. The van der Waals surface area contributed by atoms with Gasteiger partial charge in [-0.1, -0.05) is 42.8 Å². The Morgan fingerprint density at radius 3 is 2.47 bits per heavy atom. The summed E-state index contributed by atoms with van der Waals surface area (Å²) in [7, 11) is -1.15. The molecule has 3 rings (SSSR count). The fourth-order valence-electron chi connectivity index (χ4n) is 3.14. The van der Waals surface area contributed by atoms with Gasteiger partial charge in [0.1, 0.15) is 5.75 Å². The molecule has 1 aromatic heterocycles. The minimum Gasteiger partial charge on any atom is -0.652 e. The minimum atomic E-state index is -2.33. The van der Waals surface area contributed by atoms with Gasteiger partial charge in [-0.25, -0.2) is 0 Å². The van der Waals surface area contributed by atoms with Gasteiger partial charge >= 0.3 is 103 Å². The van der Waals surface area contributed by atoms with Crippen molar-refractivity contribution in [2.75, 3.05) is 24.8 Å². The van der Waals surface area contributed by atoms with Crippen LogP contribution in [-0.4, -0.2) is 50.3 Å². The van der Waals surface area contributed by atoms with Crippen molar-refractivity contribution in [3.63, 3.8) is 0 Å². The average Bonchev–Trinajstić information content (AvgIpc) is 3.32. The molecule has 0 saturated carbocycles. The van der Waals surface area contributed by atoms with E-state index in [9.17, 15) is 4.79 Å². The molecule has 9 nitrogen and oxygen atoms in total. The smallest absolute Gasteiger partial charge is 0.652 e. The molecule has 1 fully saturated rings. The van der Waals surface area contributed by atoms with Crippen molar-refractivity contribution >= 4 is 49.0 Å². The zero-order valence-corrected chi connectivity index (χ0v) is 28.8. The molecule has 1 aromatic carbocycles. The number of nitrogens with one attached hydrogen (secondary N) is 1. The summed E-state index contributed by atoms with van der Waals surface area (Å²) in [6.45, 7) is 8.21. The summed E-state index contributed by atoms with van der Waals surface area (Å²) in [5, 5.41) is 24.2. The molecule has 1 aliphatic rings. The topological polar surface area (TPSA) is 131 Å². The van der Waals surface area contributed by atoms with Crippen LogP contribution in [-0.2, 0) is 9.53 Å². The number of H-pyrrole nitrogens is 1. The fraction of sp³-hybridized carbons (Fsp3) is 0.450. The number of hydrogen-bond acceptors (Lipinski definition) is 7. The monoisotopic (exact) mass is 579 g/mol. The molecular weight excluding hydrogens is 555 g/mol. The number of aromatic amines is 1. The number of rotatable bonds is 8. The standard InChI is InChI=1S/C19H25Cl2N3O3Si.CH2O3.2K/c1-28(2,3)7-6-26-12-27-16-5-4-15(20)19(21)18(16)13-8-17(25)24(11-13)14-9-22-23-10-14;2-1(3)4;;/h4-5,9-10,13H,6-8,11-12H2,1-3H3,(H,22,23);(H2,2,3,4);;/q;;2*+1/p-2/t13-;;;/m0.../s1. The van der Waals surface area contributed by atoms with E-state index < -0.39 is 14.2 Å². The fourth-order valence-corrected chi connectivity index (χ4v) is 4.37. The number of halogens is 2. The van der Waals surface area contributed by atoms with Crippen LogP contribution in [0.1, 0.15) is 17.9 Å². The summed E-state index contributed by atoms with van der Waals surface area (Å²) >= 11 is 12.7. The molecule has 1 saturated heterocycles. The molecule has 0 bridgehead atoms. The number of hydrogen-bond donors (Lipinski definition) is 1. The van der Waals surface area contributed by atoms with E-state index in [4.69, 9.17) is 47.7 Å². The van der Waals surface area contributed by atoms with Gasteiger partial charge in [0, 0.05) is 45.3 Å². The number of nitrogens with zero attached hydrogens (tertiary/aromatic N) is 2. The maximum absolute atomic E-state index is 12.5. The van der Waals surface area contributed by atoms with Gasteiger partial charge in [0.05, 0.1) is 21.9 Å². The van der Waals surface area contributed by atoms with Crippen LogP contribution in [0, 0.1) is 0 Å². The van der Waals surface area contributed by atoms with Crippen LogP contribution in [0.5, 0.6) is 5.75 Å². The van der Waals surface area contributed by atoms with Gasteiger partial charge in [-0.15, -0.1) is 0 Å². The van der Waals surface area contributed by atoms with Crippen LogP contribution in [0.3, 0.4) is 0 Å². The van der Waals surface area contributed by atoms with Gasteiger partial charge < -0.3 is 29.4 Å². The minimum absolute atomic E-state index is 0. The van der Waals surface area contributed by atoms with E-state index in [1.807, 2.05) is 0 Å². The van der Waals surface area contributed by atoms with Gasteiger partial charge in [-0.05, 0) is 24.3 Å². The number of ether oxygens (including phenoxy) is 2. The van der Waals surface area contributed by atoms with Gasteiger partial charge in [-0.2, -0.15) is 5.10 Å². The number of amides is 1. The van der Waals surface area contributed by atoms with E-state index in [1.165, 1.54) is 0 Å². The second-order valence-corrected chi connectivity index (χ2v) is 14.8. The number of anilines is 1. The molecule has 34 heavy (non-hydrogen) atoms. The number of benzene rings is 1. The Kier molecular flexibility index (Phi) is 17.3. The first-order chi connectivity index (χ1) is 15.0. The molecule has 2 aromatic rings. The molecule has 0 aliphatic carbocycles. The summed E-state index contributed by atoms with van der Waals surface area (Å²) in [6.07, 6.45) is 1.32. The van der Waals surface area contributed by atoms with Crippen LogP contribution in [0.15, 0.2) is 24.5 Å². The van der Waals surface area contributed by atoms with E-state index in [0.29, 0.717) is 35.4 Å². The van der Waals surface area contributed by atoms with Crippen molar-refractivity contribution < 1.29 is 132 Å². The molecular formula is C20H25Cl2K2N3O6Si. The normalized spacial score (nSPS) is 15.0. The van der Waals surface area contributed by atoms with Gasteiger partial charge in [0.2, 0.25) is 5.91 Å². The van der Waals surface area contributed by atoms with Crippen LogP contribution < -0.4 is 123 Å². The van der Waals surface area contributed by atoms with Crippen LogP contribution >= 0.6 is 23.2 Å². The second kappa shape index (κ2) is 16.8. The summed E-state index contributed by atoms with van der Waals surface area (Å²) in [5.41, 5.74) is 1.49. The Balaban J connectivity index is 0.00000168. The molecule has 2 heterocycles. The van der Waals surface area contributed by atoms with Crippen molar-refractivity contribution in [3.05, 3.63) is 40.1 Å². The zero-order chi connectivity index (χ0) is 23.9. The Labute approximate surface area is 295 Å². The summed E-state index contributed by atoms with van der Waals surface area (Å²) in [6, 6.07) is 4.56. The molecule has 1 N–H and O–H groups in total. The molecule has 176 valence electrons. The summed E-state index contributed by atoms with van der Waals surface area (Å²) in [4.78, 5) is 22.5. The largest absolute Gasteiger partial charge is 1.00 e. The van der Waals surface area contributed by atoms with Crippen molar-refractivity contribution in [2.45, 2.75) is 38.0 Å². The molecule has 0 unspecified atom stereocenters. The predicted molar refractivity (Wildman–Crippen MR) is 120 cm³/mol. The predicted octanol–water partition coefficient (Wildman–Crippen LogP) is -3.51. The van der Waals surface area contributed by atoms with Gasteiger partial charge in [0.25, 0.3) is 0 Å². The second-order valence-electron chi connectivity index (χ2n) is 8.37. The van der Waals surface area contributed by atoms with Gasteiger partial charge in [0.15, 0.2) is 6.79 Å². The number of carboxylic acid groups (broad SMARTS) is 2. The third kappa shape index (κ3) is 11.6. The molecule has 14 heteroatoms. The van der Waals surface area contributed by atoms with Gasteiger partial charge in [-0.3, -0.25) is 9.89 Å². The van der Waals surface area contributed by atoms with Crippen molar-refractivity contribution in [2.24, 2.45) is 0 Å². The first-order valence-corrected chi connectivity index (χ1v) is 14.3. The Morgan fingerprint density at radius 2 is 1.91 bits per heavy atom. The maximum atomic E-state index is 12.5. The van der Waals surface area contributed by atoms with E-state index in [2.05, 4.69) is 29.8 Å².